The normalized spacial score (nSPS) is 11.4. The number of amides is 1. The summed E-state index contributed by atoms with van der Waals surface area (Å²) in [5.74, 6) is 0.858. The minimum Gasteiger partial charge on any atom is -0.469 e. The maximum atomic E-state index is 11.9. The fourth-order valence-electron chi connectivity index (χ4n) is 2.42. The molecule has 2 rings (SSSR count). The number of carbonyl (C=O) groups excluding carboxylic acids is 1. The number of aryl methyl sites for hydroxylation is 1. The van der Waals surface area contributed by atoms with Crippen molar-refractivity contribution >= 4 is 5.91 Å². The molecule has 4 heteroatoms. The Labute approximate surface area is 137 Å². The van der Waals surface area contributed by atoms with E-state index in [1.165, 1.54) is 5.56 Å². The molecule has 0 aliphatic rings. The van der Waals surface area contributed by atoms with Crippen LogP contribution >= 0.6 is 0 Å². The van der Waals surface area contributed by atoms with Gasteiger partial charge in [-0.25, -0.2) is 5.48 Å². The highest BCUT2D eigenvalue weighted by Gasteiger charge is 2.21. The van der Waals surface area contributed by atoms with Crippen LogP contribution < -0.4 is 5.48 Å². The minimum atomic E-state index is -0.0768. The second-order valence-corrected chi connectivity index (χ2v) is 6.31. The molecule has 1 aromatic carbocycles. The van der Waals surface area contributed by atoms with Gasteiger partial charge in [-0.1, -0.05) is 44.2 Å². The van der Waals surface area contributed by atoms with Gasteiger partial charge in [0.25, 0.3) is 0 Å². The molecule has 0 bridgehead atoms. The third kappa shape index (κ3) is 5.91. The third-order valence-electron chi connectivity index (χ3n) is 3.97. The molecule has 0 saturated carbocycles. The summed E-state index contributed by atoms with van der Waals surface area (Å²) in [6.07, 6.45) is 4.50. The van der Waals surface area contributed by atoms with Gasteiger partial charge < -0.3 is 4.42 Å². The average Bonchev–Trinajstić information content (AvgIpc) is 3.07. The van der Waals surface area contributed by atoms with Crippen molar-refractivity contribution in [2.75, 3.05) is 6.61 Å². The van der Waals surface area contributed by atoms with Gasteiger partial charge in [-0.15, -0.1) is 0 Å². The van der Waals surface area contributed by atoms with Crippen LogP contribution in [0.15, 0.2) is 53.1 Å². The van der Waals surface area contributed by atoms with Crippen molar-refractivity contribution in [1.29, 1.82) is 0 Å². The highest BCUT2D eigenvalue weighted by atomic mass is 16.6. The fourth-order valence-corrected chi connectivity index (χ4v) is 2.42. The molecule has 124 valence electrons. The first kappa shape index (κ1) is 17.3. The van der Waals surface area contributed by atoms with E-state index in [0.29, 0.717) is 13.0 Å². The van der Waals surface area contributed by atoms with Crippen molar-refractivity contribution in [3.8, 4) is 0 Å². The topological polar surface area (TPSA) is 51.5 Å². The third-order valence-corrected chi connectivity index (χ3v) is 3.97. The molecule has 0 unspecified atom stereocenters. The van der Waals surface area contributed by atoms with Crippen LogP contribution in [-0.2, 0) is 21.5 Å². The molecule has 2 aromatic rings. The molecule has 0 aliphatic heterocycles. The second-order valence-electron chi connectivity index (χ2n) is 6.31. The summed E-state index contributed by atoms with van der Waals surface area (Å²) in [6.45, 7) is 4.79. The summed E-state index contributed by atoms with van der Waals surface area (Å²) in [6, 6.07) is 14.1. The first-order valence-corrected chi connectivity index (χ1v) is 8.06. The highest BCUT2D eigenvalue weighted by Crippen LogP contribution is 2.27. The van der Waals surface area contributed by atoms with Crippen LogP contribution in [0.2, 0.25) is 0 Å². The molecule has 1 amide bonds. The summed E-state index contributed by atoms with van der Waals surface area (Å²) in [5, 5.41) is 0. The van der Waals surface area contributed by atoms with Crippen LogP contribution in [0.3, 0.4) is 0 Å². The smallest absolute Gasteiger partial charge is 0.243 e. The first-order chi connectivity index (χ1) is 11.1. The molecule has 0 radical (unpaired) electrons. The van der Waals surface area contributed by atoms with E-state index in [1.54, 1.807) is 6.26 Å². The van der Waals surface area contributed by atoms with Crippen molar-refractivity contribution < 1.29 is 14.0 Å². The van der Waals surface area contributed by atoms with E-state index in [1.807, 2.05) is 30.3 Å². The van der Waals surface area contributed by atoms with E-state index in [4.69, 9.17) is 9.25 Å². The molecule has 1 aromatic heterocycles. The highest BCUT2D eigenvalue weighted by molar-refractivity contribution is 5.74. The maximum Gasteiger partial charge on any atom is 0.243 e. The maximum absolute atomic E-state index is 11.9. The number of rotatable bonds is 9. The summed E-state index contributed by atoms with van der Waals surface area (Å²) in [5.41, 5.74) is 3.73. The van der Waals surface area contributed by atoms with Gasteiger partial charge in [-0.2, -0.15) is 0 Å². The molecule has 0 atom stereocenters. The zero-order chi connectivity index (χ0) is 16.5. The van der Waals surface area contributed by atoms with E-state index in [9.17, 15) is 4.79 Å². The van der Waals surface area contributed by atoms with Gasteiger partial charge in [-0.3, -0.25) is 9.63 Å². The molecule has 1 heterocycles. The molecule has 0 spiro atoms. The van der Waals surface area contributed by atoms with E-state index in [0.717, 1.165) is 25.0 Å². The lowest BCUT2D eigenvalue weighted by molar-refractivity contribution is -0.134. The van der Waals surface area contributed by atoms with Crippen molar-refractivity contribution in [2.45, 2.75) is 44.9 Å². The first-order valence-electron chi connectivity index (χ1n) is 8.06. The number of hydrogen-bond acceptors (Lipinski definition) is 3. The lowest BCUT2D eigenvalue weighted by Crippen LogP contribution is -2.27. The molecule has 0 aliphatic carbocycles. The van der Waals surface area contributed by atoms with Crippen LogP contribution in [0.1, 0.15) is 44.4 Å². The summed E-state index contributed by atoms with van der Waals surface area (Å²) in [4.78, 5) is 17.1. The summed E-state index contributed by atoms with van der Waals surface area (Å²) >= 11 is 0. The number of furan rings is 1. The zero-order valence-corrected chi connectivity index (χ0v) is 13.9. The molecule has 1 N–H and O–H groups in total. The fraction of sp³-hybridized carbons (Fsp3) is 0.421. The second kappa shape index (κ2) is 8.53. The number of hydrogen-bond donors (Lipinski definition) is 1. The summed E-state index contributed by atoms with van der Waals surface area (Å²) in [7, 11) is 0. The Bertz CT molecular complexity index is 576. The van der Waals surface area contributed by atoms with Gasteiger partial charge in [0.15, 0.2) is 0 Å². The van der Waals surface area contributed by atoms with Gasteiger partial charge in [0, 0.05) is 12.8 Å². The standard InChI is InChI=1S/C19H25NO3/c1-19(2,16-8-4-3-5-9-16)13-12-18(21)20-23-15-7-11-17-10-6-14-22-17/h3-6,8-10,14H,7,11-13,15H2,1-2H3,(H,20,21). The molecular weight excluding hydrogens is 290 g/mol. The van der Waals surface area contributed by atoms with Crippen molar-refractivity contribution in [3.63, 3.8) is 0 Å². The molecule has 4 nitrogen and oxygen atoms in total. The van der Waals surface area contributed by atoms with E-state index in [2.05, 4.69) is 31.5 Å². The largest absolute Gasteiger partial charge is 0.469 e. The lowest BCUT2D eigenvalue weighted by atomic mass is 9.80. The van der Waals surface area contributed by atoms with E-state index < -0.39 is 0 Å². The Hall–Kier alpha value is -2.07. The Morgan fingerprint density at radius 1 is 1.17 bits per heavy atom. The van der Waals surface area contributed by atoms with Crippen molar-refractivity contribution in [1.82, 2.24) is 5.48 Å². The minimum absolute atomic E-state index is 0.0299. The van der Waals surface area contributed by atoms with E-state index in [-0.39, 0.29) is 11.3 Å². The van der Waals surface area contributed by atoms with Gasteiger partial charge in [0.05, 0.1) is 12.9 Å². The number of benzene rings is 1. The lowest BCUT2D eigenvalue weighted by Gasteiger charge is -2.24. The molecular formula is C19H25NO3. The van der Waals surface area contributed by atoms with Crippen LogP contribution in [0.5, 0.6) is 0 Å². The van der Waals surface area contributed by atoms with Crippen LogP contribution in [-0.4, -0.2) is 12.5 Å². The molecule has 23 heavy (non-hydrogen) atoms. The van der Waals surface area contributed by atoms with Crippen LogP contribution in [0, 0.1) is 0 Å². The monoisotopic (exact) mass is 315 g/mol. The average molecular weight is 315 g/mol. The van der Waals surface area contributed by atoms with Gasteiger partial charge in [0.1, 0.15) is 5.76 Å². The molecule has 0 saturated heterocycles. The Morgan fingerprint density at radius 2 is 1.96 bits per heavy atom. The van der Waals surface area contributed by atoms with Gasteiger partial charge in [-0.05, 0) is 36.0 Å². The number of nitrogens with one attached hydrogen (secondary N) is 1. The van der Waals surface area contributed by atoms with Gasteiger partial charge >= 0.3 is 0 Å². The summed E-state index contributed by atoms with van der Waals surface area (Å²) < 4.78 is 5.24. The van der Waals surface area contributed by atoms with Crippen LogP contribution in [0.25, 0.3) is 0 Å². The molecule has 0 fully saturated rings. The quantitative estimate of drug-likeness (QED) is 0.562. The van der Waals surface area contributed by atoms with Crippen molar-refractivity contribution in [3.05, 3.63) is 60.1 Å². The van der Waals surface area contributed by atoms with Gasteiger partial charge in [0.2, 0.25) is 5.91 Å². The Kier molecular flexibility index (Phi) is 6.41. The predicted molar refractivity (Wildman–Crippen MR) is 89.8 cm³/mol. The number of carbonyl (C=O) groups is 1. The zero-order valence-electron chi connectivity index (χ0n) is 13.9. The Morgan fingerprint density at radius 3 is 2.65 bits per heavy atom. The predicted octanol–water partition coefficient (Wildman–Crippen LogP) is 4.02. The number of hydroxylamine groups is 1. The Balaban J connectivity index is 1.61. The van der Waals surface area contributed by atoms with E-state index >= 15 is 0 Å². The SMILES string of the molecule is CC(C)(CCC(=O)NOCCCc1ccco1)c1ccccc1. The van der Waals surface area contributed by atoms with Crippen molar-refractivity contribution in [2.24, 2.45) is 0 Å². The van der Waals surface area contributed by atoms with Crippen LogP contribution in [0.4, 0.5) is 0 Å².